The fraction of sp³-hybridized carbons (Fsp3) is 1.00. The Morgan fingerprint density at radius 2 is 1.88 bits per heavy atom. The quantitative estimate of drug-likeness (QED) is 0.745. The van der Waals surface area contributed by atoms with Crippen molar-refractivity contribution in [3.8, 4) is 0 Å². The summed E-state index contributed by atoms with van der Waals surface area (Å²) in [5, 5.41) is 9.23. The van der Waals surface area contributed by atoms with Crippen molar-refractivity contribution >= 4 is 0 Å². The molecular weight excluding hydrogens is 210 g/mol. The number of aliphatic hydroxyl groups is 1. The minimum atomic E-state index is -0.112. The molecule has 2 rings (SSSR count). The van der Waals surface area contributed by atoms with E-state index >= 15 is 0 Å². The van der Waals surface area contributed by atoms with Crippen molar-refractivity contribution in [3.05, 3.63) is 0 Å². The number of rotatable bonds is 5. The average molecular weight is 239 g/mol. The minimum Gasteiger partial charge on any atom is -0.393 e. The predicted octanol–water partition coefficient (Wildman–Crippen LogP) is 3.05. The molecule has 1 saturated carbocycles. The van der Waals surface area contributed by atoms with Gasteiger partial charge in [-0.1, -0.05) is 19.3 Å². The van der Waals surface area contributed by atoms with Gasteiger partial charge in [-0.2, -0.15) is 0 Å². The maximum atomic E-state index is 9.23. The SMILES string of the molecule is CC(O)CCCCN1CCC2CCCCC2C1. The van der Waals surface area contributed by atoms with Crippen LogP contribution in [-0.2, 0) is 0 Å². The molecular formula is C15H29NO. The molecule has 1 heterocycles. The van der Waals surface area contributed by atoms with E-state index in [9.17, 15) is 5.11 Å². The van der Waals surface area contributed by atoms with Gasteiger partial charge in [0, 0.05) is 6.54 Å². The van der Waals surface area contributed by atoms with E-state index in [1.807, 2.05) is 6.92 Å². The summed E-state index contributed by atoms with van der Waals surface area (Å²) >= 11 is 0. The van der Waals surface area contributed by atoms with Gasteiger partial charge in [-0.3, -0.25) is 0 Å². The molecule has 2 heteroatoms. The molecule has 1 aliphatic heterocycles. The van der Waals surface area contributed by atoms with E-state index in [4.69, 9.17) is 0 Å². The second-order valence-corrected chi connectivity index (χ2v) is 6.24. The molecule has 17 heavy (non-hydrogen) atoms. The van der Waals surface area contributed by atoms with Crippen LogP contribution in [0.25, 0.3) is 0 Å². The van der Waals surface area contributed by atoms with E-state index in [0.717, 1.165) is 18.3 Å². The van der Waals surface area contributed by atoms with Crippen LogP contribution >= 0.6 is 0 Å². The van der Waals surface area contributed by atoms with Crippen molar-refractivity contribution in [1.29, 1.82) is 0 Å². The van der Waals surface area contributed by atoms with Crippen molar-refractivity contribution in [3.63, 3.8) is 0 Å². The third kappa shape index (κ3) is 4.26. The monoisotopic (exact) mass is 239 g/mol. The molecule has 2 aliphatic rings. The molecule has 0 spiro atoms. The summed E-state index contributed by atoms with van der Waals surface area (Å²) in [5.41, 5.74) is 0. The Kier molecular flexibility index (Phi) is 5.30. The van der Waals surface area contributed by atoms with Crippen LogP contribution in [0.4, 0.5) is 0 Å². The third-order valence-electron chi connectivity index (χ3n) is 4.72. The largest absolute Gasteiger partial charge is 0.393 e. The summed E-state index contributed by atoms with van der Waals surface area (Å²) < 4.78 is 0. The van der Waals surface area contributed by atoms with Crippen LogP contribution in [0.5, 0.6) is 0 Å². The first-order valence-electron chi connectivity index (χ1n) is 7.66. The molecule has 0 radical (unpaired) electrons. The Hall–Kier alpha value is -0.0800. The molecule has 0 aromatic heterocycles. The van der Waals surface area contributed by atoms with Crippen LogP contribution < -0.4 is 0 Å². The highest BCUT2D eigenvalue weighted by Crippen LogP contribution is 2.35. The fourth-order valence-corrected chi connectivity index (χ4v) is 3.65. The molecule has 0 aromatic carbocycles. The van der Waals surface area contributed by atoms with Gasteiger partial charge in [-0.25, -0.2) is 0 Å². The molecule has 3 unspecified atom stereocenters. The van der Waals surface area contributed by atoms with E-state index in [1.165, 1.54) is 64.6 Å². The third-order valence-corrected chi connectivity index (χ3v) is 4.72. The number of piperidine rings is 1. The van der Waals surface area contributed by atoms with Crippen molar-refractivity contribution in [1.82, 2.24) is 4.90 Å². The summed E-state index contributed by atoms with van der Waals surface area (Å²) in [6.45, 7) is 5.85. The van der Waals surface area contributed by atoms with Crippen molar-refractivity contribution in [2.45, 2.75) is 64.4 Å². The molecule has 0 bridgehead atoms. The zero-order valence-corrected chi connectivity index (χ0v) is 11.4. The molecule has 1 N–H and O–H groups in total. The van der Waals surface area contributed by atoms with E-state index in [-0.39, 0.29) is 6.10 Å². The van der Waals surface area contributed by atoms with Gasteiger partial charge in [0.15, 0.2) is 0 Å². The van der Waals surface area contributed by atoms with Crippen LogP contribution in [0.3, 0.4) is 0 Å². The summed E-state index contributed by atoms with van der Waals surface area (Å²) in [5.74, 6) is 2.06. The number of fused-ring (bicyclic) bond motifs is 1. The topological polar surface area (TPSA) is 23.5 Å². The summed E-state index contributed by atoms with van der Waals surface area (Å²) in [6.07, 6.45) is 10.7. The average Bonchev–Trinajstić information content (AvgIpc) is 2.34. The lowest BCUT2D eigenvalue weighted by Gasteiger charge is -2.41. The zero-order chi connectivity index (χ0) is 12.1. The Balaban J connectivity index is 1.62. The van der Waals surface area contributed by atoms with E-state index < -0.39 is 0 Å². The highest BCUT2D eigenvalue weighted by molar-refractivity contribution is 4.83. The lowest BCUT2D eigenvalue weighted by atomic mass is 9.75. The molecule has 100 valence electrons. The van der Waals surface area contributed by atoms with Crippen molar-refractivity contribution < 1.29 is 5.11 Å². The Labute approximate surface area is 106 Å². The van der Waals surface area contributed by atoms with Gasteiger partial charge in [0.2, 0.25) is 0 Å². The Morgan fingerprint density at radius 3 is 2.65 bits per heavy atom. The summed E-state index contributed by atoms with van der Waals surface area (Å²) in [7, 11) is 0. The number of unbranched alkanes of at least 4 members (excludes halogenated alkanes) is 1. The van der Waals surface area contributed by atoms with Gasteiger partial charge in [0.05, 0.1) is 6.10 Å². The van der Waals surface area contributed by atoms with Crippen molar-refractivity contribution in [2.75, 3.05) is 19.6 Å². The predicted molar refractivity (Wildman–Crippen MR) is 72.0 cm³/mol. The first kappa shape index (κ1) is 13.4. The molecule has 1 aliphatic carbocycles. The van der Waals surface area contributed by atoms with Crippen LogP contribution in [0, 0.1) is 11.8 Å². The second kappa shape index (κ2) is 6.75. The molecule has 0 amide bonds. The lowest BCUT2D eigenvalue weighted by molar-refractivity contribution is 0.0845. The second-order valence-electron chi connectivity index (χ2n) is 6.24. The van der Waals surface area contributed by atoms with Gasteiger partial charge in [0.1, 0.15) is 0 Å². The van der Waals surface area contributed by atoms with Crippen LogP contribution in [0.1, 0.15) is 58.3 Å². The van der Waals surface area contributed by atoms with E-state index in [0.29, 0.717) is 0 Å². The van der Waals surface area contributed by atoms with Crippen LogP contribution in [-0.4, -0.2) is 35.7 Å². The molecule has 0 aromatic rings. The number of hydrogen-bond donors (Lipinski definition) is 1. The molecule has 1 saturated heterocycles. The fourth-order valence-electron chi connectivity index (χ4n) is 3.65. The van der Waals surface area contributed by atoms with Gasteiger partial charge in [-0.05, 0) is 64.0 Å². The number of hydrogen-bond acceptors (Lipinski definition) is 2. The van der Waals surface area contributed by atoms with Gasteiger partial charge >= 0.3 is 0 Å². The number of nitrogens with zero attached hydrogens (tertiary/aromatic N) is 1. The number of likely N-dealkylation sites (tertiary alicyclic amines) is 1. The standard InChI is InChI=1S/C15H29NO/c1-13(17)6-4-5-10-16-11-9-14-7-2-3-8-15(14)12-16/h13-15,17H,2-12H2,1H3. The highest BCUT2D eigenvalue weighted by Gasteiger charge is 2.30. The minimum absolute atomic E-state index is 0.112. The van der Waals surface area contributed by atoms with Crippen LogP contribution in [0.2, 0.25) is 0 Å². The molecule has 3 atom stereocenters. The Morgan fingerprint density at radius 1 is 1.12 bits per heavy atom. The normalized spacial score (nSPS) is 32.1. The van der Waals surface area contributed by atoms with Gasteiger partial charge in [0.25, 0.3) is 0 Å². The zero-order valence-electron chi connectivity index (χ0n) is 11.4. The lowest BCUT2D eigenvalue weighted by Crippen LogP contribution is -2.42. The number of aliphatic hydroxyl groups excluding tert-OH is 1. The summed E-state index contributed by atoms with van der Waals surface area (Å²) in [6, 6.07) is 0. The van der Waals surface area contributed by atoms with Crippen LogP contribution in [0.15, 0.2) is 0 Å². The maximum absolute atomic E-state index is 9.23. The smallest absolute Gasteiger partial charge is 0.0512 e. The first-order chi connectivity index (χ1) is 8.25. The molecule has 2 nitrogen and oxygen atoms in total. The molecule has 2 fully saturated rings. The first-order valence-corrected chi connectivity index (χ1v) is 7.66. The summed E-state index contributed by atoms with van der Waals surface area (Å²) in [4.78, 5) is 2.68. The van der Waals surface area contributed by atoms with Crippen molar-refractivity contribution in [2.24, 2.45) is 11.8 Å². The van der Waals surface area contributed by atoms with E-state index in [2.05, 4.69) is 4.90 Å². The van der Waals surface area contributed by atoms with Gasteiger partial charge < -0.3 is 10.0 Å². The van der Waals surface area contributed by atoms with E-state index in [1.54, 1.807) is 0 Å². The highest BCUT2D eigenvalue weighted by atomic mass is 16.3. The maximum Gasteiger partial charge on any atom is 0.0512 e. The Bertz CT molecular complexity index is 217. The van der Waals surface area contributed by atoms with Gasteiger partial charge in [-0.15, -0.1) is 0 Å².